The van der Waals surface area contributed by atoms with Crippen LogP contribution in [0.5, 0.6) is 0 Å². The molecule has 9 nitrogen and oxygen atoms in total. The maximum atomic E-state index is 11.8. The Hall–Kier alpha value is -2.07. The number of H-pyrrole nitrogens is 1. The molecule has 0 unspecified atom stereocenters. The van der Waals surface area contributed by atoms with Crippen LogP contribution in [0.2, 0.25) is 0 Å². The maximum absolute atomic E-state index is 11.8. The number of nitrogens with one attached hydrogen (secondary N) is 2. The second-order valence-corrected chi connectivity index (χ2v) is 5.29. The molecule has 0 radical (unpaired) electrons. The van der Waals surface area contributed by atoms with E-state index < -0.39 is 5.56 Å². The summed E-state index contributed by atoms with van der Waals surface area (Å²) in [7, 11) is 0. The van der Waals surface area contributed by atoms with Gasteiger partial charge in [0, 0.05) is 25.8 Å². The summed E-state index contributed by atoms with van der Waals surface area (Å²) in [5, 5.41) is 12.4. The number of imidazole rings is 1. The average molecular weight is 312 g/mol. The van der Waals surface area contributed by atoms with E-state index in [-0.39, 0.29) is 30.5 Å². The number of nitrogen functional groups attached to an aromatic ring is 1. The van der Waals surface area contributed by atoms with E-state index >= 15 is 0 Å². The Kier molecular flexibility index (Phi) is 4.81. The fraction of sp³-hybridized carbons (Fsp3) is 0.455. The Labute approximate surface area is 124 Å². The van der Waals surface area contributed by atoms with Gasteiger partial charge in [0.25, 0.3) is 5.56 Å². The lowest BCUT2D eigenvalue weighted by Gasteiger charge is -2.06. The van der Waals surface area contributed by atoms with Gasteiger partial charge < -0.3 is 20.7 Å². The first-order chi connectivity index (χ1) is 10.0. The number of carbonyl (C=O) groups is 1. The molecule has 2 heterocycles. The number of nitrogens with two attached hydrogens (primary N) is 1. The van der Waals surface area contributed by atoms with Crippen LogP contribution in [0.1, 0.15) is 6.92 Å². The summed E-state index contributed by atoms with van der Waals surface area (Å²) in [5.74, 6) is 0.480. The van der Waals surface area contributed by atoms with Crippen molar-refractivity contribution in [3.63, 3.8) is 0 Å². The van der Waals surface area contributed by atoms with Gasteiger partial charge in [0.2, 0.25) is 11.9 Å². The van der Waals surface area contributed by atoms with Gasteiger partial charge in [-0.05, 0) is 0 Å². The van der Waals surface area contributed by atoms with Crippen LogP contribution in [0.3, 0.4) is 0 Å². The molecule has 0 saturated carbocycles. The topological polar surface area (TPSA) is 139 Å². The van der Waals surface area contributed by atoms with Gasteiger partial charge in [-0.15, -0.1) is 0 Å². The molecule has 1 amide bonds. The molecule has 0 atom stereocenters. The van der Waals surface area contributed by atoms with Gasteiger partial charge in [-0.1, -0.05) is 11.8 Å². The molecule has 114 valence electrons. The molecule has 10 heteroatoms. The van der Waals surface area contributed by atoms with Crippen LogP contribution in [0.25, 0.3) is 11.2 Å². The second-order valence-electron chi connectivity index (χ2n) is 4.22. The highest BCUT2D eigenvalue weighted by atomic mass is 32.2. The van der Waals surface area contributed by atoms with Crippen molar-refractivity contribution in [1.82, 2.24) is 24.8 Å². The van der Waals surface area contributed by atoms with Crippen molar-refractivity contribution < 1.29 is 9.90 Å². The summed E-state index contributed by atoms with van der Waals surface area (Å²) in [6, 6.07) is 0. The van der Waals surface area contributed by atoms with E-state index in [0.29, 0.717) is 23.1 Å². The normalized spacial score (nSPS) is 11.0. The minimum Gasteiger partial charge on any atom is -0.395 e. The van der Waals surface area contributed by atoms with Crippen LogP contribution < -0.4 is 16.6 Å². The lowest BCUT2D eigenvalue weighted by atomic mass is 10.5. The van der Waals surface area contributed by atoms with Crippen molar-refractivity contribution >= 4 is 34.8 Å². The molecule has 0 saturated heterocycles. The summed E-state index contributed by atoms with van der Waals surface area (Å²) in [6.07, 6.45) is 0. The molecular weight excluding hydrogens is 296 g/mol. The van der Waals surface area contributed by atoms with E-state index in [1.54, 1.807) is 4.57 Å². The van der Waals surface area contributed by atoms with E-state index in [1.165, 1.54) is 18.7 Å². The number of aliphatic hydroxyl groups is 1. The average Bonchev–Trinajstić information content (AvgIpc) is 2.74. The third-order valence-electron chi connectivity index (χ3n) is 2.62. The van der Waals surface area contributed by atoms with Gasteiger partial charge in [0.1, 0.15) is 0 Å². The largest absolute Gasteiger partial charge is 0.395 e. The number of carbonyl (C=O) groups excluding carboxylic acids is 1. The molecule has 5 N–H and O–H groups in total. The predicted molar refractivity (Wildman–Crippen MR) is 79.1 cm³/mol. The maximum Gasteiger partial charge on any atom is 0.280 e. The summed E-state index contributed by atoms with van der Waals surface area (Å²) in [6.45, 7) is 2.07. The highest BCUT2D eigenvalue weighted by Crippen LogP contribution is 2.21. The zero-order chi connectivity index (χ0) is 15.4. The Morgan fingerprint density at radius 3 is 2.95 bits per heavy atom. The van der Waals surface area contributed by atoms with E-state index in [9.17, 15) is 9.59 Å². The molecule has 0 aliphatic carbocycles. The first-order valence-electron chi connectivity index (χ1n) is 6.27. The third kappa shape index (κ3) is 3.52. The lowest BCUT2D eigenvalue weighted by molar-refractivity contribution is -0.118. The third-order valence-corrected chi connectivity index (χ3v) is 3.60. The van der Waals surface area contributed by atoms with Crippen LogP contribution in [0, 0.1) is 0 Å². The zero-order valence-electron chi connectivity index (χ0n) is 11.4. The van der Waals surface area contributed by atoms with Gasteiger partial charge in [-0.2, -0.15) is 4.98 Å². The first kappa shape index (κ1) is 15.3. The monoisotopic (exact) mass is 312 g/mol. The number of amides is 1. The molecule has 0 bridgehead atoms. The number of thioether (sulfide) groups is 1. The van der Waals surface area contributed by atoms with Crippen molar-refractivity contribution in [2.24, 2.45) is 0 Å². The molecule has 0 fully saturated rings. The van der Waals surface area contributed by atoms with Gasteiger partial charge in [-0.25, -0.2) is 4.98 Å². The number of hydrogen-bond acceptors (Lipinski definition) is 7. The molecule has 2 aromatic rings. The van der Waals surface area contributed by atoms with Gasteiger partial charge in [0.15, 0.2) is 16.3 Å². The Morgan fingerprint density at radius 2 is 2.29 bits per heavy atom. The fourth-order valence-corrected chi connectivity index (χ4v) is 2.66. The van der Waals surface area contributed by atoms with Crippen LogP contribution in [0.15, 0.2) is 9.95 Å². The summed E-state index contributed by atoms with van der Waals surface area (Å²) in [5.41, 5.74) is 5.63. The van der Waals surface area contributed by atoms with Crippen molar-refractivity contribution in [3.8, 4) is 0 Å². The molecule has 2 rings (SSSR count). The van der Waals surface area contributed by atoms with Gasteiger partial charge in [0.05, 0.1) is 6.61 Å². The fourth-order valence-electron chi connectivity index (χ4n) is 1.79. The summed E-state index contributed by atoms with van der Waals surface area (Å²) >= 11 is 1.36. The summed E-state index contributed by atoms with van der Waals surface area (Å²) < 4.78 is 1.64. The number of nitrogens with zero attached hydrogens (tertiary/aromatic N) is 3. The number of aliphatic hydroxyl groups excluding tert-OH is 1. The Bertz CT molecular complexity index is 710. The van der Waals surface area contributed by atoms with Crippen molar-refractivity contribution in [2.75, 3.05) is 24.6 Å². The highest BCUT2D eigenvalue weighted by molar-refractivity contribution is 7.99. The molecule has 21 heavy (non-hydrogen) atoms. The van der Waals surface area contributed by atoms with Gasteiger partial charge >= 0.3 is 0 Å². The van der Waals surface area contributed by atoms with Gasteiger partial charge in [-0.3, -0.25) is 14.6 Å². The number of aromatic nitrogens is 4. The SMILES string of the molecule is CC(=O)NCCSc1nc2c(=O)[nH]c(N)nc2n1CCO. The Morgan fingerprint density at radius 1 is 1.52 bits per heavy atom. The standard InChI is InChI=1S/C11H16N6O3S/c1-6(19)13-2-5-21-11-14-7-8(17(11)3-4-18)15-10(12)16-9(7)20/h18H,2-5H2,1H3,(H,13,19)(H3,12,15,16,20). The smallest absolute Gasteiger partial charge is 0.280 e. The van der Waals surface area contributed by atoms with Crippen molar-refractivity contribution in [2.45, 2.75) is 18.6 Å². The minimum absolute atomic E-state index is 0.00128. The number of aromatic amines is 1. The van der Waals surface area contributed by atoms with E-state index in [1.807, 2.05) is 0 Å². The molecule has 0 aliphatic rings. The molecule has 0 spiro atoms. The molecule has 2 aromatic heterocycles. The van der Waals surface area contributed by atoms with E-state index in [2.05, 4.69) is 20.3 Å². The number of anilines is 1. The van der Waals surface area contributed by atoms with E-state index in [0.717, 1.165) is 0 Å². The van der Waals surface area contributed by atoms with Crippen LogP contribution >= 0.6 is 11.8 Å². The minimum atomic E-state index is -0.419. The zero-order valence-corrected chi connectivity index (χ0v) is 12.2. The van der Waals surface area contributed by atoms with Crippen LogP contribution in [-0.4, -0.2) is 49.4 Å². The van der Waals surface area contributed by atoms with Crippen LogP contribution in [0.4, 0.5) is 5.95 Å². The predicted octanol–water partition coefficient (Wildman–Crippen LogP) is -1.08. The molecule has 0 aromatic carbocycles. The molecule has 0 aliphatic heterocycles. The molecular formula is C11H16N6O3S. The number of fused-ring (bicyclic) bond motifs is 1. The quantitative estimate of drug-likeness (QED) is 0.393. The van der Waals surface area contributed by atoms with Crippen molar-refractivity contribution in [3.05, 3.63) is 10.4 Å². The number of hydrogen-bond donors (Lipinski definition) is 4. The van der Waals surface area contributed by atoms with E-state index in [4.69, 9.17) is 10.8 Å². The first-order valence-corrected chi connectivity index (χ1v) is 7.25. The summed E-state index contributed by atoms with van der Waals surface area (Å²) in [4.78, 5) is 33.3. The number of rotatable bonds is 6. The Balaban J connectivity index is 2.29. The second kappa shape index (κ2) is 6.59. The van der Waals surface area contributed by atoms with Crippen molar-refractivity contribution in [1.29, 1.82) is 0 Å². The van der Waals surface area contributed by atoms with Crippen LogP contribution in [-0.2, 0) is 11.3 Å². The highest BCUT2D eigenvalue weighted by Gasteiger charge is 2.15. The lowest BCUT2D eigenvalue weighted by Crippen LogP contribution is -2.22.